The predicted octanol–water partition coefficient (Wildman–Crippen LogP) is 1.71. The number of esters is 1. The summed E-state index contributed by atoms with van der Waals surface area (Å²) in [5.74, 6) is -1.67. The normalized spacial score (nSPS) is 11.9. The molecule has 1 rings (SSSR count). The monoisotopic (exact) mass is 212 g/mol. The predicted molar refractivity (Wildman–Crippen MR) is 52.1 cm³/mol. The van der Waals surface area contributed by atoms with E-state index in [1.807, 2.05) is 0 Å². The zero-order chi connectivity index (χ0) is 10.6. The van der Waals surface area contributed by atoms with Crippen molar-refractivity contribution in [2.24, 2.45) is 0 Å². The van der Waals surface area contributed by atoms with E-state index in [4.69, 9.17) is 11.6 Å². The number of hydrogen-bond acceptors (Lipinski definition) is 3. The molecule has 0 radical (unpaired) electrons. The molecule has 0 spiro atoms. The lowest BCUT2D eigenvalue weighted by Gasteiger charge is -2.09. The molecule has 1 aromatic carbocycles. The molecule has 0 fully saturated rings. The van der Waals surface area contributed by atoms with Gasteiger partial charge in [0.05, 0.1) is 7.11 Å². The summed E-state index contributed by atoms with van der Waals surface area (Å²) in [6.07, 6.45) is 0. The number of halogens is 1. The van der Waals surface area contributed by atoms with Gasteiger partial charge in [-0.2, -0.15) is 0 Å². The van der Waals surface area contributed by atoms with Crippen molar-refractivity contribution in [2.45, 2.75) is 5.92 Å². The van der Waals surface area contributed by atoms with Gasteiger partial charge in [0, 0.05) is 0 Å². The van der Waals surface area contributed by atoms with Crippen LogP contribution in [0.5, 0.6) is 0 Å². The van der Waals surface area contributed by atoms with Crippen LogP contribution in [-0.4, -0.2) is 18.3 Å². The zero-order valence-corrected chi connectivity index (χ0v) is 8.32. The molecule has 0 bridgehead atoms. The Morgan fingerprint density at radius 1 is 1.29 bits per heavy atom. The Kier molecular flexibility index (Phi) is 3.65. The van der Waals surface area contributed by atoms with Crippen LogP contribution in [0.15, 0.2) is 30.3 Å². The summed E-state index contributed by atoms with van der Waals surface area (Å²) < 4.78 is 4.48. The lowest BCUT2D eigenvalue weighted by molar-refractivity contribution is -0.144. The maximum atomic E-state index is 11.2. The smallest absolute Gasteiger partial charge is 0.322 e. The standard InChI is InChI=1S/C10H9ClO3/c1-14-10(13)8(9(11)12)7-5-3-2-4-6-7/h2-6,8H,1H3. The highest BCUT2D eigenvalue weighted by atomic mass is 35.5. The van der Waals surface area contributed by atoms with Crippen molar-refractivity contribution < 1.29 is 14.3 Å². The Morgan fingerprint density at radius 3 is 2.29 bits per heavy atom. The van der Waals surface area contributed by atoms with Crippen LogP contribution in [-0.2, 0) is 14.3 Å². The second kappa shape index (κ2) is 4.77. The second-order valence-corrected chi connectivity index (χ2v) is 3.04. The van der Waals surface area contributed by atoms with Gasteiger partial charge in [0.15, 0.2) is 5.92 Å². The Labute approximate surface area is 86.6 Å². The van der Waals surface area contributed by atoms with E-state index in [-0.39, 0.29) is 0 Å². The molecule has 0 aliphatic carbocycles. The van der Waals surface area contributed by atoms with Gasteiger partial charge in [0.2, 0.25) is 5.24 Å². The molecule has 1 aromatic rings. The van der Waals surface area contributed by atoms with Crippen LogP contribution in [0.4, 0.5) is 0 Å². The lowest BCUT2D eigenvalue weighted by Crippen LogP contribution is -2.19. The molecule has 3 nitrogen and oxygen atoms in total. The largest absolute Gasteiger partial charge is 0.468 e. The van der Waals surface area contributed by atoms with Gasteiger partial charge < -0.3 is 4.74 Å². The number of hydrogen-bond donors (Lipinski definition) is 0. The fraction of sp³-hybridized carbons (Fsp3) is 0.200. The van der Waals surface area contributed by atoms with Gasteiger partial charge in [-0.15, -0.1) is 0 Å². The summed E-state index contributed by atoms with van der Waals surface area (Å²) >= 11 is 5.31. The summed E-state index contributed by atoms with van der Waals surface area (Å²) in [6.45, 7) is 0. The summed E-state index contributed by atoms with van der Waals surface area (Å²) in [6, 6.07) is 8.55. The summed E-state index contributed by atoms with van der Waals surface area (Å²) in [7, 11) is 1.22. The fourth-order valence-electron chi connectivity index (χ4n) is 1.12. The minimum absolute atomic E-state index is 0.541. The first-order valence-electron chi connectivity index (χ1n) is 3.99. The van der Waals surface area contributed by atoms with Crippen molar-refractivity contribution in [1.82, 2.24) is 0 Å². The van der Waals surface area contributed by atoms with E-state index < -0.39 is 17.1 Å². The maximum absolute atomic E-state index is 11.2. The molecule has 0 saturated carbocycles. The van der Waals surface area contributed by atoms with E-state index in [0.717, 1.165) is 0 Å². The van der Waals surface area contributed by atoms with Gasteiger partial charge in [-0.3, -0.25) is 9.59 Å². The second-order valence-electron chi connectivity index (χ2n) is 2.67. The minimum Gasteiger partial charge on any atom is -0.468 e. The Bertz CT molecular complexity index is 334. The molecule has 0 N–H and O–H groups in total. The first kappa shape index (κ1) is 10.7. The minimum atomic E-state index is -1.03. The van der Waals surface area contributed by atoms with Gasteiger partial charge in [-0.25, -0.2) is 0 Å². The first-order chi connectivity index (χ1) is 6.66. The third kappa shape index (κ3) is 2.33. The highest BCUT2D eigenvalue weighted by Gasteiger charge is 2.27. The van der Waals surface area contributed by atoms with Crippen LogP contribution >= 0.6 is 11.6 Å². The summed E-state index contributed by atoms with van der Waals surface area (Å²) in [4.78, 5) is 22.2. The topological polar surface area (TPSA) is 43.4 Å². The SMILES string of the molecule is COC(=O)C(C(=O)Cl)c1ccccc1. The number of methoxy groups -OCH3 is 1. The van der Waals surface area contributed by atoms with Crippen molar-refractivity contribution in [3.63, 3.8) is 0 Å². The molecule has 0 heterocycles. The van der Waals surface area contributed by atoms with Crippen LogP contribution in [0, 0.1) is 0 Å². The average molecular weight is 213 g/mol. The molecule has 4 heteroatoms. The fourth-order valence-corrected chi connectivity index (χ4v) is 1.34. The molecule has 0 saturated heterocycles. The molecular weight excluding hydrogens is 204 g/mol. The summed E-state index contributed by atoms with van der Waals surface area (Å²) in [5, 5.41) is -0.733. The number of rotatable bonds is 3. The van der Waals surface area contributed by atoms with Crippen molar-refractivity contribution in [1.29, 1.82) is 0 Å². The third-order valence-corrected chi connectivity index (χ3v) is 2.01. The number of benzene rings is 1. The third-order valence-electron chi connectivity index (χ3n) is 1.80. The molecule has 1 unspecified atom stereocenters. The molecule has 14 heavy (non-hydrogen) atoms. The molecule has 0 aliphatic rings. The van der Waals surface area contributed by atoms with Crippen LogP contribution in [0.2, 0.25) is 0 Å². The number of carbonyl (C=O) groups excluding carboxylic acids is 2. The first-order valence-corrected chi connectivity index (χ1v) is 4.36. The highest BCUT2D eigenvalue weighted by molar-refractivity contribution is 6.66. The van der Waals surface area contributed by atoms with Crippen molar-refractivity contribution in [3.05, 3.63) is 35.9 Å². The summed E-state index contributed by atoms with van der Waals surface area (Å²) in [5.41, 5.74) is 0.541. The van der Waals surface area contributed by atoms with Crippen LogP contribution in [0.1, 0.15) is 11.5 Å². The van der Waals surface area contributed by atoms with Gasteiger partial charge >= 0.3 is 5.97 Å². The van der Waals surface area contributed by atoms with E-state index >= 15 is 0 Å². The van der Waals surface area contributed by atoms with E-state index in [9.17, 15) is 9.59 Å². The quantitative estimate of drug-likeness (QED) is 0.435. The van der Waals surface area contributed by atoms with Crippen LogP contribution in [0.25, 0.3) is 0 Å². The van der Waals surface area contributed by atoms with Crippen LogP contribution in [0.3, 0.4) is 0 Å². The molecule has 1 atom stereocenters. The van der Waals surface area contributed by atoms with Gasteiger partial charge in [0.1, 0.15) is 0 Å². The molecule has 0 aromatic heterocycles. The molecule has 0 aliphatic heterocycles. The van der Waals surface area contributed by atoms with Crippen LogP contribution < -0.4 is 0 Å². The van der Waals surface area contributed by atoms with Gasteiger partial charge in [0.25, 0.3) is 0 Å². The maximum Gasteiger partial charge on any atom is 0.322 e. The number of carbonyl (C=O) groups is 2. The van der Waals surface area contributed by atoms with Gasteiger partial charge in [-0.1, -0.05) is 30.3 Å². The zero-order valence-electron chi connectivity index (χ0n) is 7.57. The van der Waals surface area contributed by atoms with E-state index in [1.54, 1.807) is 30.3 Å². The Hall–Kier alpha value is -1.35. The molecular formula is C10H9ClO3. The molecule has 0 amide bonds. The highest BCUT2D eigenvalue weighted by Crippen LogP contribution is 2.19. The molecule has 74 valence electrons. The Balaban J connectivity index is 3.01. The Morgan fingerprint density at radius 2 is 1.86 bits per heavy atom. The van der Waals surface area contributed by atoms with E-state index in [0.29, 0.717) is 5.56 Å². The van der Waals surface area contributed by atoms with Crippen molar-refractivity contribution in [3.8, 4) is 0 Å². The number of ether oxygens (including phenoxy) is 1. The van der Waals surface area contributed by atoms with Crippen molar-refractivity contribution >= 4 is 22.8 Å². The van der Waals surface area contributed by atoms with E-state index in [2.05, 4.69) is 4.74 Å². The van der Waals surface area contributed by atoms with Crippen molar-refractivity contribution in [2.75, 3.05) is 7.11 Å². The lowest BCUT2D eigenvalue weighted by atomic mass is 10.0. The van der Waals surface area contributed by atoms with E-state index in [1.165, 1.54) is 7.11 Å². The van der Waals surface area contributed by atoms with Gasteiger partial charge in [-0.05, 0) is 17.2 Å². The average Bonchev–Trinajstić information content (AvgIpc) is 2.19.